The van der Waals surface area contributed by atoms with Crippen molar-refractivity contribution in [1.29, 1.82) is 0 Å². The number of Topliss-reactive ketones (excluding diaryl/α,β-unsaturated/α-hetero) is 4. The number of carboxylic acid groups (broad SMARTS) is 2. The molecule has 1 fully saturated rings. The number of carbonyl (C=O) groups is 6. The average molecular weight is 2120 g/mol. The summed E-state index contributed by atoms with van der Waals surface area (Å²) in [6.07, 6.45) is 14.1. The van der Waals surface area contributed by atoms with Crippen LogP contribution in [0.5, 0.6) is 11.5 Å². The van der Waals surface area contributed by atoms with Gasteiger partial charge in [-0.2, -0.15) is 56.7 Å². The Labute approximate surface area is 763 Å². The minimum atomic E-state index is -5.39. The maximum absolute atomic E-state index is 13.6. The van der Waals surface area contributed by atoms with Crippen LogP contribution in [-0.2, 0) is 18.7 Å². The van der Waals surface area contributed by atoms with Crippen molar-refractivity contribution in [3.8, 4) is 37.1 Å². The van der Waals surface area contributed by atoms with Gasteiger partial charge in [0.15, 0.2) is 174 Å². The summed E-state index contributed by atoms with van der Waals surface area (Å²) in [5.41, 5.74) is -15.7. The number of rotatable bonds is 10. The van der Waals surface area contributed by atoms with Gasteiger partial charge in [0.1, 0.15) is 13.9 Å². The summed E-state index contributed by atoms with van der Waals surface area (Å²) in [5, 5.41) is 33.0. The predicted octanol–water partition coefficient (Wildman–Crippen LogP) is 19.3. The Morgan fingerprint density at radius 3 is 0.604 bits per heavy atom. The van der Waals surface area contributed by atoms with Crippen LogP contribution in [-0.4, -0.2) is 159 Å². The maximum atomic E-state index is 13.6. The zero-order valence-electron chi connectivity index (χ0n) is 73.9. The number of ketones is 4. The molecule has 0 spiro atoms. The van der Waals surface area contributed by atoms with E-state index in [1.165, 1.54) is 87.6 Å². The lowest BCUT2D eigenvalue weighted by molar-refractivity contribution is -0.0503. The summed E-state index contributed by atoms with van der Waals surface area (Å²) in [6, 6.07) is 0.0365. The highest BCUT2D eigenvalue weighted by molar-refractivity contribution is 7.88. The monoisotopic (exact) mass is 2120 g/mol. The van der Waals surface area contributed by atoms with E-state index in [0.717, 1.165) is 27.1 Å². The topological polar surface area (TPSA) is 239 Å². The Morgan fingerprint density at radius 1 is 0.353 bits per heavy atom. The van der Waals surface area contributed by atoms with Gasteiger partial charge in [-0.1, -0.05) is 7.43 Å². The van der Waals surface area contributed by atoms with Gasteiger partial charge < -0.3 is 38.6 Å². The Kier molecular flexibility index (Phi) is 54.3. The third-order valence-corrected chi connectivity index (χ3v) is 17.6. The second-order valence-electron chi connectivity index (χ2n) is 28.0. The van der Waals surface area contributed by atoms with Gasteiger partial charge in [-0.25, -0.2) is 133 Å². The van der Waals surface area contributed by atoms with Crippen molar-refractivity contribution < 1.29 is 245 Å². The lowest BCUT2D eigenvalue weighted by Crippen LogP contribution is -3.00. The number of quaternary nitrogens is 2. The number of phenolic OH excluding ortho intramolecular Hbond substituents is 2. The number of aromatic hydroxyl groups is 2. The van der Waals surface area contributed by atoms with E-state index in [1.807, 2.05) is 26.0 Å². The molecule has 0 bridgehead atoms. The molecule has 1 saturated heterocycles. The number of ether oxygens (including phenoxy) is 1. The van der Waals surface area contributed by atoms with Crippen molar-refractivity contribution in [3.05, 3.63) is 255 Å². The van der Waals surface area contributed by atoms with Crippen LogP contribution < -0.4 is 13.7 Å². The van der Waals surface area contributed by atoms with Gasteiger partial charge in [0.05, 0.1) is 64.5 Å². The number of phenols is 2. The Hall–Kier alpha value is -12.7. The fraction of sp³-hybridized carbons (Fsp3) is 0.275. The largest absolute Gasteiger partial charge is 1.00 e. The molecule has 0 saturated carbocycles. The van der Waals surface area contributed by atoms with Crippen LogP contribution in [0.25, 0.3) is 0 Å². The first-order chi connectivity index (χ1) is 62.8. The highest BCUT2D eigenvalue weighted by atomic mass is 32.2. The van der Waals surface area contributed by atoms with Crippen LogP contribution >= 0.6 is 0 Å². The molecular weight excluding hydrogens is 2050 g/mol. The first-order valence-electron chi connectivity index (χ1n) is 35.7. The quantitative estimate of drug-likeness (QED) is 0.0146. The summed E-state index contributed by atoms with van der Waals surface area (Å²) >= 11 is 0. The van der Waals surface area contributed by atoms with Crippen molar-refractivity contribution in [2.75, 3.05) is 76.6 Å². The number of aromatic carboxylic acids is 2. The standard InChI is InChI=1S/2C11H12F4NO.2C8H3F5O.2C7HF5O2.2C6H2F4O.C4H9F3O3SSi.C4H8O.C3H9N.2C2H2.CH4.FH/c2*1-5(17)6-7(12)9(14)11(16(2,3)4)10(15)8(6)13;2*1-2(14)3-4(9)6(11)8(13)7(12)5(3)10;2*8-2-1(7(13)14)3(9)5(11)6(12)4(2)10;2*7-2-1-3(8)5(10)6(11)4(2)9;1-12(2,3)10-11(8,9)4(5,6)7;1-2-4-5-3-1;1-4(2)3;2*1-2;;/h2*1-4H3;2*1H3;2*(H,13,14);2*1,11H;1-3H3;1-4H2;1-3H3;2*1-2H;1H4;1H/q2*+1;;;;;;;;;;;;;/p-1/i;;13-1;;;;;;;;;2*1D;;. The first kappa shape index (κ1) is 133. The molecule has 0 aliphatic carbocycles. The smallest absolute Gasteiger partial charge is 0.522 e. The molecule has 0 aromatic heterocycles. The van der Waals surface area contributed by atoms with E-state index in [0.29, 0.717) is 13.8 Å². The summed E-state index contributed by atoms with van der Waals surface area (Å²) in [6.45, 7) is 9.16. The summed E-state index contributed by atoms with van der Waals surface area (Å²) in [4.78, 5) is 65.2. The van der Waals surface area contributed by atoms with Crippen molar-refractivity contribution in [1.82, 2.24) is 13.9 Å². The molecule has 0 atom stereocenters. The fourth-order valence-electron chi connectivity index (χ4n) is 8.46. The van der Waals surface area contributed by atoms with Crippen LogP contribution in [0.1, 0.15) is 113 Å². The molecule has 1 aliphatic rings. The normalized spacial score (nSPS) is 11.2. The third-order valence-electron chi connectivity index (χ3n) is 14.1. The highest BCUT2D eigenvalue weighted by Gasteiger charge is 2.49. The Morgan fingerprint density at radius 2 is 0.496 bits per heavy atom. The van der Waals surface area contributed by atoms with E-state index in [-0.39, 0.29) is 24.3 Å². The number of nitrogens with zero attached hydrogens (tertiary/aromatic N) is 3. The van der Waals surface area contributed by atoms with Crippen LogP contribution in [0.15, 0.2) is 12.1 Å². The van der Waals surface area contributed by atoms with Crippen LogP contribution in [0.2, 0.25) is 19.6 Å². The van der Waals surface area contributed by atoms with E-state index in [4.69, 9.17) is 27.9 Å². The molecule has 4 N–H and O–H groups in total. The van der Waals surface area contributed by atoms with Crippen molar-refractivity contribution in [2.45, 2.75) is 73.1 Å². The molecule has 17 nitrogen and oxygen atoms in total. The summed E-state index contributed by atoms with van der Waals surface area (Å²) in [7, 11) is 6.03. The van der Waals surface area contributed by atoms with Crippen LogP contribution in [0, 0.1) is 235 Å². The highest BCUT2D eigenvalue weighted by Crippen LogP contribution is 2.37. The molecule has 9 rings (SSSR count). The van der Waals surface area contributed by atoms with Crippen LogP contribution in [0.4, 0.5) is 183 Å². The molecule has 59 heteroatoms. The number of hydrogen-bond donors (Lipinski definition) is 4. The Balaban J connectivity index is -0.000000357. The second kappa shape index (κ2) is 57.0. The molecule has 0 amide bonds. The minimum absolute atomic E-state index is 0. The average Bonchev–Trinajstić information content (AvgIpc) is 0.849. The molecule has 0 unspecified atom stereocenters. The molecule has 1 aliphatic heterocycles. The van der Waals surface area contributed by atoms with Crippen molar-refractivity contribution in [3.63, 3.8) is 0 Å². The molecule has 1 heterocycles. The molecule has 8 aromatic rings. The molecule has 8 aromatic carbocycles. The maximum Gasteiger partial charge on any atom is 0.522 e. The number of carboxylic acids is 2. The molecule has 0 radical (unpaired) electrons. The van der Waals surface area contributed by atoms with E-state index >= 15 is 0 Å². The van der Waals surface area contributed by atoms with Gasteiger partial charge >= 0.3 is 27.6 Å². The molecule has 139 heavy (non-hydrogen) atoms. The fourth-order valence-corrected chi connectivity index (χ4v) is 11.5. The number of carbonyl (C=O) groups excluding carboxylic acids is 4. The van der Waals surface area contributed by atoms with Gasteiger partial charge in [-0.05, 0) is 81.3 Å². The zero-order chi connectivity index (χ0) is 111. The predicted molar refractivity (Wildman–Crippen MR) is 412 cm³/mol. The second-order valence-corrected chi connectivity index (χ2v) is 34.3. The van der Waals surface area contributed by atoms with Crippen LogP contribution in [0.3, 0.4) is 0 Å². The van der Waals surface area contributed by atoms with E-state index in [9.17, 15) is 208 Å². The number of alkyl halides is 3. The Bertz CT molecular complexity index is 5330. The number of benzene rings is 8. The van der Waals surface area contributed by atoms with Gasteiger partial charge in [0, 0.05) is 25.3 Å². The lowest BCUT2D eigenvalue weighted by atomic mass is 10.1. The number of halogens is 40. The lowest BCUT2D eigenvalue weighted by Gasteiger charge is -2.25. The summed E-state index contributed by atoms with van der Waals surface area (Å²) in [5.74, 6) is -83.4. The molecule has 778 valence electrons. The zero-order valence-corrected chi connectivity index (χ0v) is 73.7. The van der Waals surface area contributed by atoms with Crippen molar-refractivity contribution in [2.24, 2.45) is 0 Å². The first-order valence-corrected chi connectivity index (χ1v) is 39.5. The third kappa shape index (κ3) is 36.9. The van der Waals surface area contributed by atoms with Gasteiger partial charge in [-0.15, -0.1) is 25.6 Å². The van der Waals surface area contributed by atoms with E-state index < -0.39 is 334 Å². The van der Waals surface area contributed by atoms with Gasteiger partial charge in [0.25, 0.3) is 0 Å². The SMILES string of the molecule is C.C1CCOC1.CC(=O)c1c(F)c(F)c(F)c(F)c1F.CC(=O)c1c(F)c(F)c([18F])c(F)c1F.CC(=O)c1c(F)c(F)c([N+](C)(C)C)c(F)c1F.CC(=O)c1c(F)c(F)c([N+](C)(C)C)c(F)c1F.CN(C)C.C[Si](C)(C)OS(=O)(=O)C(F)(F)F.O=C(O)c1c(F)c(F)c(F)c(F)c1F.O=C(O)c1c(F)c(F)c(F)c(F)c1F.Oc1c(F)c(F)cc(F)c1F.Oc1c(F)c(F)cc(F)c1F.[2H]C#C.[2H]C#C.[F-]. The number of hydrogen-bond acceptors (Lipinski definition) is 13. The minimum Gasteiger partial charge on any atom is -1.00 e. The van der Waals surface area contributed by atoms with Gasteiger partial charge in [-0.3, -0.25) is 28.1 Å². The van der Waals surface area contributed by atoms with Crippen molar-refractivity contribution >= 4 is 64.9 Å². The van der Waals surface area contributed by atoms with Gasteiger partial charge in [0.2, 0.25) is 89.5 Å². The number of terminal acetylenes is 2. The van der Waals surface area contributed by atoms with E-state index in [2.05, 4.69) is 16.7 Å². The molecular formula is C80H70F40N3O14SSi+. The van der Waals surface area contributed by atoms with E-state index in [1.54, 1.807) is 0 Å². The summed E-state index contributed by atoms with van der Waals surface area (Å²) < 4.78 is 530.